The number of carbonyl (C=O) groups is 1. The lowest BCUT2D eigenvalue weighted by molar-refractivity contribution is 0.0948. The van der Waals surface area contributed by atoms with Crippen LogP contribution in [0.4, 0.5) is 0 Å². The van der Waals surface area contributed by atoms with E-state index in [1.165, 1.54) is 0 Å². The minimum atomic E-state index is -0.445. The van der Waals surface area contributed by atoms with Gasteiger partial charge in [-0.25, -0.2) is 10.8 Å². The number of hydrazine groups is 1. The second-order valence-corrected chi connectivity index (χ2v) is 4.08. The molecule has 0 spiro atoms. The minimum Gasteiger partial charge on any atom is -0.487 e. The molecule has 0 saturated carbocycles. The number of hydrogen-bond donors (Lipinski definition) is 3. The lowest BCUT2D eigenvalue weighted by Gasteiger charge is -2.07. The van der Waals surface area contributed by atoms with Crippen molar-refractivity contribution >= 4 is 5.91 Å². The molecule has 6 heteroatoms. The Morgan fingerprint density at radius 3 is 2.65 bits per heavy atom. The van der Waals surface area contributed by atoms with Crippen LogP contribution in [0.3, 0.4) is 0 Å². The summed E-state index contributed by atoms with van der Waals surface area (Å²) in [7, 11) is 0. The number of nitrogens with one attached hydrogen (secondary N) is 1. The summed E-state index contributed by atoms with van der Waals surface area (Å²) in [6, 6.07) is 12.1. The van der Waals surface area contributed by atoms with Gasteiger partial charge in [0.15, 0.2) is 0 Å². The SMILES string of the molecule is NNC(=O)c1cccc(COc2ccc(CO)cc2)n1. The van der Waals surface area contributed by atoms with Crippen molar-refractivity contribution in [3.63, 3.8) is 0 Å². The maximum Gasteiger partial charge on any atom is 0.283 e. The molecule has 0 atom stereocenters. The fourth-order valence-corrected chi connectivity index (χ4v) is 1.61. The molecule has 0 saturated heterocycles. The van der Waals surface area contributed by atoms with Gasteiger partial charge in [-0.3, -0.25) is 10.2 Å². The van der Waals surface area contributed by atoms with Crippen molar-refractivity contribution in [3.8, 4) is 5.75 Å². The maximum atomic E-state index is 11.3. The lowest BCUT2D eigenvalue weighted by atomic mass is 10.2. The van der Waals surface area contributed by atoms with Crippen LogP contribution in [0, 0.1) is 0 Å². The van der Waals surface area contributed by atoms with Gasteiger partial charge >= 0.3 is 0 Å². The number of rotatable bonds is 5. The Bertz CT molecular complexity index is 584. The summed E-state index contributed by atoms with van der Waals surface area (Å²) in [6.07, 6.45) is 0. The predicted molar refractivity (Wildman–Crippen MR) is 72.6 cm³/mol. The Morgan fingerprint density at radius 1 is 1.25 bits per heavy atom. The first-order valence-corrected chi connectivity index (χ1v) is 6.02. The summed E-state index contributed by atoms with van der Waals surface area (Å²) in [6.45, 7) is 0.238. The topological polar surface area (TPSA) is 97.5 Å². The van der Waals surface area contributed by atoms with E-state index in [9.17, 15) is 4.79 Å². The first kappa shape index (κ1) is 14.0. The van der Waals surface area contributed by atoms with Crippen molar-refractivity contribution < 1.29 is 14.6 Å². The highest BCUT2D eigenvalue weighted by Crippen LogP contribution is 2.13. The standard InChI is InChI=1S/C14H15N3O3/c15-17-14(19)13-3-1-2-11(16-13)9-20-12-6-4-10(8-18)5-7-12/h1-7,18H,8-9,15H2,(H,17,19). The number of ether oxygens (including phenoxy) is 1. The van der Waals surface area contributed by atoms with Crippen LogP contribution >= 0.6 is 0 Å². The average Bonchev–Trinajstić information content (AvgIpc) is 2.53. The molecule has 0 aliphatic heterocycles. The normalized spacial score (nSPS) is 10.1. The Labute approximate surface area is 116 Å². The van der Waals surface area contributed by atoms with Gasteiger partial charge in [-0.2, -0.15) is 0 Å². The van der Waals surface area contributed by atoms with Crippen LogP contribution in [0.25, 0.3) is 0 Å². The van der Waals surface area contributed by atoms with Crippen LogP contribution in [0.2, 0.25) is 0 Å². The summed E-state index contributed by atoms with van der Waals surface area (Å²) in [5, 5.41) is 8.94. The molecule has 4 N–H and O–H groups in total. The molecule has 0 fully saturated rings. The number of hydrogen-bond acceptors (Lipinski definition) is 5. The molecule has 0 bridgehead atoms. The van der Waals surface area contributed by atoms with E-state index >= 15 is 0 Å². The van der Waals surface area contributed by atoms with Gasteiger partial charge in [-0.15, -0.1) is 0 Å². The van der Waals surface area contributed by atoms with Crippen molar-refractivity contribution in [1.82, 2.24) is 10.4 Å². The predicted octanol–water partition coefficient (Wildman–Crippen LogP) is 0.756. The molecule has 20 heavy (non-hydrogen) atoms. The number of benzene rings is 1. The molecule has 6 nitrogen and oxygen atoms in total. The van der Waals surface area contributed by atoms with Crippen molar-refractivity contribution in [2.24, 2.45) is 5.84 Å². The quantitative estimate of drug-likeness (QED) is 0.424. The molecule has 0 radical (unpaired) electrons. The number of pyridine rings is 1. The number of aromatic nitrogens is 1. The van der Waals surface area contributed by atoms with Gasteiger partial charge in [0.05, 0.1) is 12.3 Å². The van der Waals surface area contributed by atoms with E-state index in [2.05, 4.69) is 4.98 Å². The molecule has 104 valence electrons. The molecule has 0 unspecified atom stereocenters. The van der Waals surface area contributed by atoms with E-state index < -0.39 is 5.91 Å². The third-order valence-corrected chi connectivity index (χ3v) is 2.66. The van der Waals surface area contributed by atoms with Gasteiger partial charge in [0.1, 0.15) is 18.1 Å². The number of nitrogen functional groups attached to an aromatic ring is 1. The molecular weight excluding hydrogens is 258 g/mol. The van der Waals surface area contributed by atoms with Gasteiger partial charge in [-0.05, 0) is 29.8 Å². The van der Waals surface area contributed by atoms with Gasteiger partial charge in [0, 0.05) is 0 Å². The Morgan fingerprint density at radius 2 is 2.00 bits per heavy atom. The molecule has 2 rings (SSSR count). The molecule has 0 aliphatic rings. The van der Waals surface area contributed by atoms with Crippen molar-refractivity contribution in [3.05, 3.63) is 59.4 Å². The number of carbonyl (C=O) groups excluding carboxylic acids is 1. The number of aliphatic hydroxyl groups is 1. The van der Waals surface area contributed by atoms with E-state index in [-0.39, 0.29) is 18.9 Å². The zero-order valence-corrected chi connectivity index (χ0v) is 10.7. The Balaban J connectivity index is 2.01. The van der Waals surface area contributed by atoms with Gasteiger partial charge in [0.25, 0.3) is 5.91 Å². The van der Waals surface area contributed by atoms with E-state index in [1.54, 1.807) is 42.5 Å². The number of amides is 1. The van der Waals surface area contributed by atoms with Crippen LogP contribution in [0.1, 0.15) is 21.7 Å². The van der Waals surface area contributed by atoms with Crippen LogP contribution < -0.4 is 16.0 Å². The van der Waals surface area contributed by atoms with E-state index in [4.69, 9.17) is 15.7 Å². The summed E-state index contributed by atoms with van der Waals surface area (Å²) in [5.74, 6) is 5.27. The molecule has 2 aromatic rings. The van der Waals surface area contributed by atoms with Gasteiger partial charge in [-0.1, -0.05) is 18.2 Å². The maximum absolute atomic E-state index is 11.3. The Hall–Kier alpha value is -2.44. The van der Waals surface area contributed by atoms with Crippen LogP contribution in [-0.2, 0) is 13.2 Å². The van der Waals surface area contributed by atoms with Gasteiger partial charge in [0.2, 0.25) is 0 Å². The Kier molecular flexibility index (Phi) is 4.65. The molecular formula is C14H15N3O3. The summed E-state index contributed by atoms with van der Waals surface area (Å²) >= 11 is 0. The monoisotopic (exact) mass is 273 g/mol. The van der Waals surface area contributed by atoms with E-state index in [0.29, 0.717) is 11.4 Å². The van der Waals surface area contributed by atoms with Crippen LogP contribution in [0.5, 0.6) is 5.75 Å². The lowest BCUT2D eigenvalue weighted by Crippen LogP contribution is -2.30. The molecule has 1 heterocycles. The molecule has 1 amide bonds. The molecule has 1 aromatic carbocycles. The van der Waals surface area contributed by atoms with E-state index in [0.717, 1.165) is 5.56 Å². The zero-order chi connectivity index (χ0) is 14.4. The zero-order valence-electron chi connectivity index (χ0n) is 10.7. The second kappa shape index (κ2) is 6.65. The number of nitrogens with zero attached hydrogens (tertiary/aromatic N) is 1. The van der Waals surface area contributed by atoms with Crippen molar-refractivity contribution in [1.29, 1.82) is 0 Å². The first-order valence-electron chi connectivity index (χ1n) is 6.02. The summed E-state index contributed by atoms with van der Waals surface area (Å²) in [5.41, 5.74) is 3.71. The third kappa shape index (κ3) is 3.53. The average molecular weight is 273 g/mol. The number of nitrogens with two attached hydrogens (primary N) is 1. The molecule has 1 aromatic heterocycles. The van der Waals surface area contributed by atoms with Crippen LogP contribution in [0.15, 0.2) is 42.5 Å². The highest BCUT2D eigenvalue weighted by molar-refractivity contribution is 5.91. The van der Waals surface area contributed by atoms with E-state index in [1.807, 2.05) is 5.43 Å². The first-order chi connectivity index (χ1) is 9.72. The highest BCUT2D eigenvalue weighted by Gasteiger charge is 2.06. The summed E-state index contributed by atoms with van der Waals surface area (Å²) < 4.78 is 5.55. The third-order valence-electron chi connectivity index (χ3n) is 2.66. The van der Waals surface area contributed by atoms with Gasteiger partial charge < -0.3 is 9.84 Å². The second-order valence-electron chi connectivity index (χ2n) is 4.08. The smallest absolute Gasteiger partial charge is 0.283 e. The highest BCUT2D eigenvalue weighted by atomic mass is 16.5. The largest absolute Gasteiger partial charge is 0.487 e. The summed E-state index contributed by atoms with van der Waals surface area (Å²) in [4.78, 5) is 15.5. The van der Waals surface area contributed by atoms with Crippen LogP contribution in [-0.4, -0.2) is 16.0 Å². The fourth-order valence-electron chi connectivity index (χ4n) is 1.61. The van der Waals surface area contributed by atoms with Crippen molar-refractivity contribution in [2.75, 3.05) is 0 Å². The minimum absolute atomic E-state index is 0.00190. The number of aliphatic hydroxyl groups excluding tert-OH is 1. The van der Waals surface area contributed by atoms with Crippen molar-refractivity contribution in [2.45, 2.75) is 13.2 Å². The molecule has 0 aliphatic carbocycles. The fraction of sp³-hybridized carbons (Fsp3) is 0.143.